The summed E-state index contributed by atoms with van der Waals surface area (Å²) in [5.41, 5.74) is 2.88. The first-order chi connectivity index (χ1) is 15.2. The van der Waals surface area contributed by atoms with Crippen molar-refractivity contribution in [1.82, 2.24) is 5.32 Å². The maximum atomic E-state index is 13.6. The van der Waals surface area contributed by atoms with Crippen LogP contribution in [0.2, 0.25) is 5.02 Å². The predicted octanol–water partition coefficient (Wildman–Crippen LogP) is 5.42. The van der Waals surface area contributed by atoms with Crippen molar-refractivity contribution in [2.45, 2.75) is 38.1 Å². The molecule has 0 aliphatic rings. The molecule has 3 aromatic carbocycles. The zero-order valence-electron chi connectivity index (χ0n) is 18.4. The van der Waals surface area contributed by atoms with Crippen LogP contribution in [0.1, 0.15) is 36.1 Å². The molecule has 0 saturated heterocycles. The summed E-state index contributed by atoms with van der Waals surface area (Å²) < 4.78 is 28.3. The lowest BCUT2D eigenvalue weighted by Crippen LogP contribution is -2.42. The van der Waals surface area contributed by atoms with E-state index in [1.54, 1.807) is 49.4 Å². The Hall–Kier alpha value is -2.83. The number of carbonyl (C=O) groups is 1. The number of nitrogens with zero attached hydrogens (tertiary/aromatic N) is 1. The van der Waals surface area contributed by atoms with E-state index in [2.05, 4.69) is 5.32 Å². The third kappa shape index (κ3) is 5.31. The maximum absolute atomic E-state index is 13.6. The Labute approximate surface area is 195 Å². The quantitative estimate of drug-likeness (QED) is 0.478. The minimum Gasteiger partial charge on any atom is -0.348 e. The van der Waals surface area contributed by atoms with Crippen LogP contribution in [-0.2, 0) is 14.8 Å². The number of nitrogens with one attached hydrogen (secondary N) is 1. The molecule has 0 spiro atoms. The lowest BCUT2D eigenvalue weighted by Gasteiger charge is -2.27. The molecule has 3 aromatic rings. The molecule has 32 heavy (non-hydrogen) atoms. The molecule has 7 heteroatoms. The fourth-order valence-corrected chi connectivity index (χ4v) is 5.13. The smallest absolute Gasteiger partial charge is 0.264 e. The lowest BCUT2D eigenvalue weighted by atomic mass is 10.0. The monoisotopic (exact) mass is 470 g/mol. The van der Waals surface area contributed by atoms with Crippen LogP contribution < -0.4 is 9.62 Å². The second-order valence-electron chi connectivity index (χ2n) is 7.65. The molecule has 0 aromatic heterocycles. The summed E-state index contributed by atoms with van der Waals surface area (Å²) in [6.45, 7) is 5.24. The molecule has 0 radical (unpaired) electrons. The highest BCUT2D eigenvalue weighted by Gasteiger charge is 2.29. The summed E-state index contributed by atoms with van der Waals surface area (Å²) in [4.78, 5) is 13.2. The van der Waals surface area contributed by atoms with Crippen LogP contribution in [0, 0.1) is 13.8 Å². The van der Waals surface area contributed by atoms with Crippen LogP contribution in [0.3, 0.4) is 0 Å². The molecule has 0 aliphatic heterocycles. The van der Waals surface area contributed by atoms with E-state index in [9.17, 15) is 13.2 Å². The van der Waals surface area contributed by atoms with Gasteiger partial charge in [-0.05, 0) is 55.7 Å². The van der Waals surface area contributed by atoms with Gasteiger partial charge in [-0.1, -0.05) is 72.6 Å². The predicted molar refractivity (Wildman–Crippen MR) is 130 cm³/mol. The largest absolute Gasteiger partial charge is 0.348 e. The molecule has 1 atom stereocenters. The minimum atomic E-state index is -4.00. The number of hydrogen-bond acceptors (Lipinski definition) is 3. The Bertz CT molecular complexity index is 1180. The fraction of sp³-hybridized carbons (Fsp3) is 0.240. The first-order valence-electron chi connectivity index (χ1n) is 10.4. The van der Waals surface area contributed by atoms with Gasteiger partial charge in [-0.2, -0.15) is 0 Å². The average molecular weight is 471 g/mol. The molecule has 0 bridgehead atoms. The van der Waals surface area contributed by atoms with Crippen molar-refractivity contribution < 1.29 is 13.2 Å². The van der Waals surface area contributed by atoms with Crippen LogP contribution in [0.25, 0.3) is 0 Å². The summed E-state index contributed by atoms with van der Waals surface area (Å²) in [5, 5.41) is 3.41. The van der Waals surface area contributed by atoms with Crippen LogP contribution in [0.15, 0.2) is 77.7 Å². The number of sulfonamides is 1. The zero-order valence-corrected chi connectivity index (χ0v) is 20.0. The van der Waals surface area contributed by atoms with Crippen LogP contribution in [0.4, 0.5) is 5.69 Å². The number of halogens is 1. The summed E-state index contributed by atoms with van der Waals surface area (Å²) in [5.74, 6) is -0.393. The number of carbonyl (C=O) groups excluding carboxylic acids is 1. The van der Waals surface area contributed by atoms with Gasteiger partial charge in [-0.15, -0.1) is 0 Å². The molecular weight excluding hydrogens is 444 g/mol. The van der Waals surface area contributed by atoms with E-state index in [1.165, 1.54) is 0 Å². The van der Waals surface area contributed by atoms with E-state index in [1.807, 2.05) is 44.2 Å². The summed E-state index contributed by atoms with van der Waals surface area (Å²) in [6.07, 6.45) is 0.677. The third-order valence-corrected chi connectivity index (χ3v) is 7.53. The molecule has 0 unspecified atom stereocenters. The lowest BCUT2D eigenvalue weighted by molar-refractivity contribution is -0.120. The maximum Gasteiger partial charge on any atom is 0.264 e. The van der Waals surface area contributed by atoms with Crippen molar-refractivity contribution >= 4 is 33.2 Å². The van der Waals surface area contributed by atoms with Crippen LogP contribution in [0.5, 0.6) is 0 Å². The van der Waals surface area contributed by atoms with E-state index in [4.69, 9.17) is 11.6 Å². The second-order valence-corrected chi connectivity index (χ2v) is 9.92. The summed E-state index contributed by atoms with van der Waals surface area (Å²) in [7, 11) is -4.00. The zero-order chi connectivity index (χ0) is 23.3. The van der Waals surface area contributed by atoms with E-state index in [-0.39, 0.29) is 17.5 Å². The van der Waals surface area contributed by atoms with Gasteiger partial charge in [0.15, 0.2) is 0 Å². The number of amides is 1. The number of benzene rings is 3. The molecule has 0 fully saturated rings. The van der Waals surface area contributed by atoms with Crippen molar-refractivity contribution in [2.75, 3.05) is 10.8 Å². The third-order valence-electron chi connectivity index (χ3n) is 5.35. The molecule has 3 rings (SSSR count). The number of anilines is 1. The molecule has 168 valence electrons. The minimum absolute atomic E-state index is 0.116. The molecule has 1 N–H and O–H groups in total. The van der Waals surface area contributed by atoms with E-state index in [0.717, 1.165) is 15.4 Å². The van der Waals surface area contributed by atoms with Crippen LogP contribution >= 0.6 is 11.6 Å². The van der Waals surface area contributed by atoms with Gasteiger partial charge in [0.25, 0.3) is 10.0 Å². The van der Waals surface area contributed by atoms with Crippen molar-refractivity contribution in [3.05, 3.63) is 94.5 Å². The molecule has 0 saturated carbocycles. The first kappa shape index (κ1) is 23.8. The normalized spacial score (nSPS) is 12.2. The van der Waals surface area contributed by atoms with Gasteiger partial charge >= 0.3 is 0 Å². The van der Waals surface area contributed by atoms with Gasteiger partial charge in [0, 0.05) is 5.02 Å². The van der Waals surface area contributed by atoms with E-state index < -0.39 is 15.9 Å². The Kier molecular flexibility index (Phi) is 7.59. The van der Waals surface area contributed by atoms with Gasteiger partial charge in [-0.3, -0.25) is 9.10 Å². The number of hydrogen-bond donors (Lipinski definition) is 1. The van der Waals surface area contributed by atoms with Crippen LogP contribution in [-0.4, -0.2) is 20.9 Å². The highest BCUT2D eigenvalue weighted by Crippen LogP contribution is 2.31. The number of aryl methyl sites for hydroxylation is 1. The molecule has 0 heterocycles. The van der Waals surface area contributed by atoms with Crippen molar-refractivity contribution in [3.63, 3.8) is 0 Å². The highest BCUT2D eigenvalue weighted by atomic mass is 35.5. The Morgan fingerprint density at radius 2 is 1.62 bits per heavy atom. The molecule has 0 aliphatic carbocycles. The standard InChI is InChI=1S/C25H27ClN2O3S/c1-4-23(20-9-6-5-7-10-20)27-25(29)17-28(24-12-8-11-22(26)19(24)3)32(30,31)21-15-13-18(2)14-16-21/h5-16,23H,4,17H2,1-3H3,(H,27,29)/t23-/m0/s1. The Morgan fingerprint density at radius 1 is 0.969 bits per heavy atom. The molecule has 5 nitrogen and oxygen atoms in total. The summed E-state index contributed by atoms with van der Waals surface area (Å²) >= 11 is 6.28. The van der Waals surface area contributed by atoms with Gasteiger partial charge in [0.05, 0.1) is 16.6 Å². The van der Waals surface area contributed by atoms with E-state index >= 15 is 0 Å². The van der Waals surface area contributed by atoms with Crippen molar-refractivity contribution in [1.29, 1.82) is 0 Å². The van der Waals surface area contributed by atoms with Gasteiger partial charge in [-0.25, -0.2) is 8.42 Å². The van der Waals surface area contributed by atoms with Crippen molar-refractivity contribution in [2.24, 2.45) is 0 Å². The van der Waals surface area contributed by atoms with Gasteiger partial charge < -0.3 is 5.32 Å². The van der Waals surface area contributed by atoms with Gasteiger partial charge in [0.2, 0.25) is 5.91 Å². The SMILES string of the molecule is CC[C@H](NC(=O)CN(c1cccc(Cl)c1C)S(=O)(=O)c1ccc(C)cc1)c1ccccc1. The Morgan fingerprint density at radius 3 is 2.25 bits per heavy atom. The molecule has 1 amide bonds. The number of rotatable bonds is 8. The highest BCUT2D eigenvalue weighted by molar-refractivity contribution is 7.92. The summed E-state index contributed by atoms with van der Waals surface area (Å²) in [6, 6.07) is 21.0. The van der Waals surface area contributed by atoms with Gasteiger partial charge in [0.1, 0.15) is 6.54 Å². The topological polar surface area (TPSA) is 66.5 Å². The fourth-order valence-electron chi connectivity index (χ4n) is 3.48. The van der Waals surface area contributed by atoms with Crippen molar-refractivity contribution in [3.8, 4) is 0 Å². The molecular formula is C25H27ClN2O3S. The second kappa shape index (κ2) is 10.2. The Balaban J connectivity index is 1.97. The first-order valence-corrected chi connectivity index (χ1v) is 12.2. The van der Waals surface area contributed by atoms with E-state index in [0.29, 0.717) is 22.7 Å². The average Bonchev–Trinajstić information content (AvgIpc) is 2.79.